The zero-order valence-corrected chi connectivity index (χ0v) is 9.13. The molecule has 88 valence electrons. The smallest absolute Gasteiger partial charge is 0.258 e. The van der Waals surface area contributed by atoms with Crippen LogP contribution in [0.4, 0.5) is 10.1 Å². The quantitative estimate of drug-likeness (QED) is 0.599. The van der Waals surface area contributed by atoms with Gasteiger partial charge in [0.2, 0.25) is 0 Å². The maximum atomic E-state index is 13.3. The van der Waals surface area contributed by atoms with Crippen LogP contribution in [0.25, 0.3) is 11.1 Å². The first-order valence-electron chi connectivity index (χ1n) is 5.06. The van der Waals surface area contributed by atoms with E-state index < -0.39 is 10.7 Å². The SMILES string of the molecule is N#Cc1ccccc1-c1cc(F)cc([N+](=O)[O-])c1. The molecule has 0 aliphatic carbocycles. The van der Waals surface area contributed by atoms with Crippen LogP contribution in [0.5, 0.6) is 0 Å². The molecule has 0 amide bonds. The molecule has 4 nitrogen and oxygen atoms in total. The first-order valence-corrected chi connectivity index (χ1v) is 5.06. The molecular formula is C13H7FN2O2. The molecule has 18 heavy (non-hydrogen) atoms. The van der Waals surface area contributed by atoms with Gasteiger partial charge in [0, 0.05) is 6.07 Å². The van der Waals surface area contributed by atoms with Crippen LogP contribution in [0.1, 0.15) is 5.56 Å². The number of rotatable bonds is 2. The van der Waals surface area contributed by atoms with E-state index in [1.54, 1.807) is 24.3 Å². The van der Waals surface area contributed by atoms with Gasteiger partial charge in [-0.15, -0.1) is 0 Å². The third-order valence-electron chi connectivity index (χ3n) is 2.45. The number of benzene rings is 2. The minimum Gasteiger partial charge on any atom is -0.258 e. The van der Waals surface area contributed by atoms with Gasteiger partial charge in [-0.3, -0.25) is 10.1 Å². The summed E-state index contributed by atoms with van der Waals surface area (Å²) in [5.41, 5.74) is 0.802. The van der Waals surface area contributed by atoms with Gasteiger partial charge in [-0.1, -0.05) is 18.2 Å². The Morgan fingerprint density at radius 2 is 1.94 bits per heavy atom. The lowest BCUT2D eigenvalue weighted by atomic mass is 10.00. The van der Waals surface area contributed by atoms with E-state index in [1.807, 2.05) is 6.07 Å². The summed E-state index contributed by atoms with van der Waals surface area (Å²) < 4.78 is 13.3. The topological polar surface area (TPSA) is 66.9 Å². The fourth-order valence-electron chi connectivity index (χ4n) is 1.67. The molecule has 0 heterocycles. The second-order valence-corrected chi connectivity index (χ2v) is 3.61. The van der Waals surface area contributed by atoms with Gasteiger partial charge in [0.25, 0.3) is 5.69 Å². The van der Waals surface area contributed by atoms with Crippen LogP contribution in [0.3, 0.4) is 0 Å². The van der Waals surface area contributed by atoms with Crippen molar-refractivity contribution in [1.82, 2.24) is 0 Å². The molecule has 0 radical (unpaired) electrons. The molecule has 5 heteroatoms. The van der Waals surface area contributed by atoms with Crippen molar-refractivity contribution < 1.29 is 9.31 Å². The molecule has 2 aromatic rings. The summed E-state index contributed by atoms with van der Waals surface area (Å²) in [6.07, 6.45) is 0. The summed E-state index contributed by atoms with van der Waals surface area (Å²) in [7, 11) is 0. The molecule has 0 N–H and O–H groups in total. The van der Waals surface area contributed by atoms with E-state index >= 15 is 0 Å². The number of nitro benzene ring substituents is 1. The maximum absolute atomic E-state index is 13.3. The number of hydrogen-bond acceptors (Lipinski definition) is 3. The molecule has 0 spiro atoms. The summed E-state index contributed by atoms with van der Waals surface area (Å²) in [5, 5.41) is 19.6. The second kappa shape index (κ2) is 4.63. The molecule has 2 rings (SSSR count). The van der Waals surface area contributed by atoms with Gasteiger partial charge >= 0.3 is 0 Å². The number of nitro groups is 1. The minimum atomic E-state index is -0.702. The van der Waals surface area contributed by atoms with Crippen molar-refractivity contribution in [2.45, 2.75) is 0 Å². The Kier molecular flexibility index (Phi) is 3.02. The Labute approximate surface area is 102 Å². The molecule has 0 bridgehead atoms. The van der Waals surface area contributed by atoms with Gasteiger partial charge in [-0.2, -0.15) is 5.26 Å². The summed E-state index contributed by atoms with van der Waals surface area (Å²) in [6, 6.07) is 11.8. The van der Waals surface area contributed by atoms with Gasteiger partial charge in [0.15, 0.2) is 0 Å². The fraction of sp³-hybridized carbons (Fsp3) is 0. The van der Waals surface area contributed by atoms with Crippen molar-refractivity contribution in [3.63, 3.8) is 0 Å². The molecule has 0 unspecified atom stereocenters. The number of non-ortho nitro benzene ring substituents is 1. The predicted molar refractivity (Wildman–Crippen MR) is 63.2 cm³/mol. The highest BCUT2D eigenvalue weighted by atomic mass is 19.1. The zero-order valence-electron chi connectivity index (χ0n) is 9.13. The van der Waals surface area contributed by atoms with Crippen molar-refractivity contribution in [2.75, 3.05) is 0 Å². The molecule has 0 fully saturated rings. The second-order valence-electron chi connectivity index (χ2n) is 3.61. The van der Waals surface area contributed by atoms with Crippen LogP contribution in [0, 0.1) is 27.3 Å². The Morgan fingerprint density at radius 3 is 2.61 bits per heavy atom. The van der Waals surface area contributed by atoms with Crippen LogP contribution in [0.2, 0.25) is 0 Å². The average molecular weight is 242 g/mol. The van der Waals surface area contributed by atoms with Crippen molar-refractivity contribution in [3.05, 3.63) is 64.0 Å². The van der Waals surface area contributed by atoms with Gasteiger partial charge in [-0.25, -0.2) is 4.39 Å². The molecule has 0 aliphatic heterocycles. The van der Waals surface area contributed by atoms with Crippen LogP contribution in [-0.4, -0.2) is 4.92 Å². The maximum Gasteiger partial charge on any atom is 0.272 e. The Morgan fingerprint density at radius 1 is 1.22 bits per heavy atom. The zero-order chi connectivity index (χ0) is 13.1. The monoisotopic (exact) mass is 242 g/mol. The molecule has 0 saturated heterocycles. The summed E-state index contributed by atoms with van der Waals surface area (Å²) in [4.78, 5) is 10.00. The molecule has 0 saturated carbocycles. The van der Waals surface area contributed by atoms with Crippen molar-refractivity contribution in [3.8, 4) is 17.2 Å². The third kappa shape index (κ3) is 2.18. The average Bonchev–Trinajstić information content (AvgIpc) is 2.38. The lowest BCUT2D eigenvalue weighted by Gasteiger charge is -2.04. The molecular weight excluding hydrogens is 235 g/mol. The minimum absolute atomic E-state index is 0.318. The van der Waals surface area contributed by atoms with E-state index in [0.717, 1.165) is 6.07 Å². The first-order chi connectivity index (χ1) is 8.61. The standard InChI is InChI=1S/C13H7FN2O2/c14-11-5-10(6-12(7-11)16(17)18)13-4-2-1-3-9(13)8-15/h1-7H. The summed E-state index contributed by atoms with van der Waals surface area (Å²) >= 11 is 0. The molecule has 0 aliphatic rings. The van der Waals surface area contributed by atoms with Crippen LogP contribution < -0.4 is 0 Å². The number of nitrogens with zero attached hydrogens (tertiary/aromatic N) is 2. The van der Waals surface area contributed by atoms with E-state index in [-0.39, 0.29) is 5.69 Å². The van der Waals surface area contributed by atoms with Crippen molar-refractivity contribution in [1.29, 1.82) is 5.26 Å². The predicted octanol–water partition coefficient (Wildman–Crippen LogP) is 3.27. The van der Waals surface area contributed by atoms with E-state index in [4.69, 9.17) is 5.26 Å². The lowest BCUT2D eigenvalue weighted by molar-refractivity contribution is -0.385. The molecule has 0 aromatic heterocycles. The van der Waals surface area contributed by atoms with Crippen LogP contribution in [0.15, 0.2) is 42.5 Å². The molecule has 0 atom stereocenters. The number of hydrogen-bond donors (Lipinski definition) is 0. The van der Waals surface area contributed by atoms with Gasteiger partial charge < -0.3 is 0 Å². The molecule has 2 aromatic carbocycles. The van der Waals surface area contributed by atoms with E-state index in [9.17, 15) is 14.5 Å². The van der Waals surface area contributed by atoms with E-state index in [1.165, 1.54) is 12.1 Å². The van der Waals surface area contributed by atoms with E-state index in [2.05, 4.69) is 0 Å². The largest absolute Gasteiger partial charge is 0.272 e. The summed E-state index contributed by atoms with van der Waals surface area (Å²) in [6.45, 7) is 0. The number of halogens is 1. The summed E-state index contributed by atoms with van der Waals surface area (Å²) in [5.74, 6) is -0.702. The van der Waals surface area contributed by atoms with E-state index in [0.29, 0.717) is 16.7 Å². The van der Waals surface area contributed by atoms with Crippen molar-refractivity contribution in [2.24, 2.45) is 0 Å². The Balaban J connectivity index is 2.65. The van der Waals surface area contributed by atoms with Crippen LogP contribution >= 0.6 is 0 Å². The normalized spacial score (nSPS) is 9.78. The highest BCUT2D eigenvalue weighted by Crippen LogP contribution is 2.27. The third-order valence-corrected chi connectivity index (χ3v) is 2.45. The lowest BCUT2D eigenvalue weighted by Crippen LogP contribution is -1.91. The fourth-order valence-corrected chi connectivity index (χ4v) is 1.67. The van der Waals surface area contributed by atoms with Gasteiger partial charge in [0.1, 0.15) is 5.82 Å². The Bertz CT molecular complexity index is 662. The Hall–Kier alpha value is -2.74. The van der Waals surface area contributed by atoms with Gasteiger partial charge in [-0.05, 0) is 23.3 Å². The van der Waals surface area contributed by atoms with Crippen LogP contribution in [-0.2, 0) is 0 Å². The van der Waals surface area contributed by atoms with Gasteiger partial charge in [0.05, 0.1) is 22.6 Å². The van der Waals surface area contributed by atoms with Crippen molar-refractivity contribution >= 4 is 5.69 Å². The highest BCUT2D eigenvalue weighted by Gasteiger charge is 2.12. The first kappa shape index (κ1) is 11.7. The number of nitriles is 1. The highest BCUT2D eigenvalue weighted by molar-refractivity contribution is 5.72.